The average Bonchev–Trinajstić information content (AvgIpc) is 3.52. The maximum atomic E-state index is 13.9. The summed E-state index contributed by atoms with van der Waals surface area (Å²) >= 11 is 13.7. The van der Waals surface area contributed by atoms with Crippen LogP contribution in [0, 0.1) is 5.82 Å². The number of furan rings is 1. The van der Waals surface area contributed by atoms with Gasteiger partial charge in [0.15, 0.2) is 4.80 Å². The van der Waals surface area contributed by atoms with Gasteiger partial charge < -0.3 is 4.42 Å². The van der Waals surface area contributed by atoms with Crippen molar-refractivity contribution in [3.05, 3.63) is 142 Å². The highest BCUT2D eigenvalue weighted by Gasteiger charge is 2.32. The summed E-state index contributed by atoms with van der Waals surface area (Å²) in [7, 11) is 0. The second-order valence-corrected chi connectivity index (χ2v) is 11.3. The van der Waals surface area contributed by atoms with Crippen LogP contribution < -0.4 is 14.9 Å². The Kier molecular flexibility index (Phi) is 5.92. The molecule has 1 aliphatic carbocycles. The van der Waals surface area contributed by atoms with Crippen LogP contribution >= 0.6 is 34.5 Å². The van der Waals surface area contributed by atoms with Crippen LogP contribution in [0.15, 0.2) is 98.6 Å². The van der Waals surface area contributed by atoms with Gasteiger partial charge in [0, 0.05) is 22.2 Å². The van der Waals surface area contributed by atoms with E-state index in [4.69, 9.17) is 32.6 Å². The van der Waals surface area contributed by atoms with Crippen molar-refractivity contribution in [1.82, 2.24) is 4.57 Å². The minimum Gasteiger partial charge on any atom is -0.457 e. The van der Waals surface area contributed by atoms with Gasteiger partial charge in [-0.05, 0) is 72.0 Å². The fourth-order valence-electron chi connectivity index (χ4n) is 5.36. The Labute approximate surface area is 236 Å². The van der Waals surface area contributed by atoms with Crippen LogP contribution in [-0.2, 0) is 6.42 Å². The number of halogens is 3. The maximum absolute atomic E-state index is 13.9. The number of nitrogens with zero attached hydrogens (tertiary/aromatic N) is 2. The van der Waals surface area contributed by atoms with Gasteiger partial charge in [-0.25, -0.2) is 9.38 Å². The van der Waals surface area contributed by atoms with E-state index >= 15 is 0 Å². The fraction of sp³-hybridized carbons (Fsp3) is 0.0968. The van der Waals surface area contributed by atoms with Crippen LogP contribution in [-0.4, -0.2) is 4.57 Å². The second-order valence-electron chi connectivity index (χ2n) is 9.49. The summed E-state index contributed by atoms with van der Waals surface area (Å²) in [5.74, 6) is 0.782. The van der Waals surface area contributed by atoms with Gasteiger partial charge in [-0.2, -0.15) is 0 Å². The van der Waals surface area contributed by atoms with Crippen molar-refractivity contribution in [2.45, 2.75) is 18.9 Å². The lowest BCUT2D eigenvalue weighted by atomic mass is 9.83. The van der Waals surface area contributed by atoms with E-state index in [1.165, 1.54) is 29.0 Å². The molecular weight excluding hydrogens is 554 g/mol. The molecule has 7 rings (SSSR count). The average molecular weight is 573 g/mol. The molecule has 2 aliphatic rings. The van der Waals surface area contributed by atoms with Crippen LogP contribution in [0.5, 0.6) is 0 Å². The zero-order valence-corrected chi connectivity index (χ0v) is 22.7. The van der Waals surface area contributed by atoms with E-state index in [0.29, 0.717) is 36.5 Å². The monoisotopic (exact) mass is 572 g/mol. The lowest BCUT2D eigenvalue weighted by Crippen LogP contribution is -2.38. The quantitative estimate of drug-likeness (QED) is 0.233. The van der Waals surface area contributed by atoms with Gasteiger partial charge in [-0.15, -0.1) is 0 Å². The molecule has 3 aromatic carbocycles. The molecule has 3 heterocycles. The molecule has 0 radical (unpaired) electrons. The Morgan fingerprint density at radius 1 is 0.974 bits per heavy atom. The number of hydrogen-bond acceptors (Lipinski definition) is 4. The van der Waals surface area contributed by atoms with Crippen LogP contribution in [0.3, 0.4) is 0 Å². The lowest BCUT2D eigenvalue weighted by Gasteiger charge is -2.30. The number of thiazole rings is 1. The van der Waals surface area contributed by atoms with Crippen LogP contribution in [0.4, 0.5) is 4.39 Å². The molecule has 1 aliphatic heterocycles. The first-order chi connectivity index (χ1) is 19.0. The summed E-state index contributed by atoms with van der Waals surface area (Å²) in [6.07, 6.45) is 3.36. The lowest BCUT2D eigenvalue weighted by molar-refractivity contribution is 0.570. The number of aromatic nitrogens is 1. The van der Waals surface area contributed by atoms with E-state index in [2.05, 4.69) is 12.1 Å². The molecule has 0 fully saturated rings. The van der Waals surface area contributed by atoms with Crippen molar-refractivity contribution >= 4 is 46.3 Å². The molecule has 0 spiro atoms. The Morgan fingerprint density at radius 2 is 1.79 bits per heavy atom. The molecule has 4 nitrogen and oxygen atoms in total. The summed E-state index contributed by atoms with van der Waals surface area (Å²) in [4.78, 5) is 19.5. The van der Waals surface area contributed by atoms with Gasteiger partial charge in [-0.3, -0.25) is 9.36 Å². The molecule has 2 aromatic heterocycles. The molecule has 8 heteroatoms. The molecule has 5 aromatic rings. The molecule has 0 N–H and O–H groups in total. The fourth-order valence-corrected chi connectivity index (χ4v) is 6.84. The van der Waals surface area contributed by atoms with Gasteiger partial charge in [0.1, 0.15) is 17.3 Å². The van der Waals surface area contributed by atoms with Gasteiger partial charge >= 0.3 is 0 Å². The number of rotatable bonds is 3. The van der Waals surface area contributed by atoms with Crippen molar-refractivity contribution in [2.24, 2.45) is 4.99 Å². The van der Waals surface area contributed by atoms with Crippen molar-refractivity contribution in [2.75, 3.05) is 0 Å². The summed E-state index contributed by atoms with van der Waals surface area (Å²) in [5.41, 5.74) is 5.68. The van der Waals surface area contributed by atoms with E-state index < -0.39 is 0 Å². The van der Waals surface area contributed by atoms with E-state index in [-0.39, 0.29) is 17.4 Å². The van der Waals surface area contributed by atoms with Crippen LogP contribution in [0.2, 0.25) is 10.0 Å². The van der Waals surface area contributed by atoms with Crippen molar-refractivity contribution in [1.29, 1.82) is 0 Å². The summed E-state index contributed by atoms with van der Waals surface area (Å²) < 4.78 is 22.1. The van der Waals surface area contributed by atoms with Crippen molar-refractivity contribution in [3.8, 4) is 11.3 Å². The molecule has 192 valence electrons. The third kappa shape index (κ3) is 4.20. The Bertz CT molecular complexity index is 1990. The number of allylic oxidation sites excluding steroid dienone is 1. The number of fused-ring (bicyclic) bond motifs is 3. The number of aryl methyl sites for hydroxylation is 1. The second kappa shape index (κ2) is 9.49. The largest absolute Gasteiger partial charge is 0.457 e. The highest BCUT2D eigenvalue weighted by atomic mass is 35.5. The molecule has 0 saturated heterocycles. The highest BCUT2D eigenvalue weighted by Crippen LogP contribution is 2.41. The minimum atomic E-state index is -0.368. The molecular formula is C31H19Cl2FN2O2S. The first-order valence-corrected chi connectivity index (χ1v) is 14.0. The predicted molar refractivity (Wildman–Crippen MR) is 153 cm³/mol. The molecule has 0 bridgehead atoms. The van der Waals surface area contributed by atoms with E-state index in [1.807, 2.05) is 18.2 Å². The molecule has 39 heavy (non-hydrogen) atoms. The smallest absolute Gasteiger partial charge is 0.271 e. The number of hydrogen-bond donors (Lipinski definition) is 0. The van der Waals surface area contributed by atoms with Crippen molar-refractivity contribution < 1.29 is 8.81 Å². The predicted octanol–water partition coefficient (Wildman–Crippen LogP) is 7.02. The van der Waals surface area contributed by atoms with E-state index in [0.717, 1.165) is 35.2 Å². The van der Waals surface area contributed by atoms with E-state index in [9.17, 15) is 9.18 Å². The zero-order valence-electron chi connectivity index (χ0n) is 20.3. The summed E-state index contributed by atoms with van der Waals surface area (Å²) in [6.45, 7) is 0. The Balaban J connectivity index is 1.39. The van der Waals surface area contributed by atoms with Crippen LogP contribution in [0.25, 0.3) is 23.1 Å². The standard InChI is InChI=1S/C31H19Cl2FN2O2S/c32-19-8-13-23(25(33)15-19)26-14-11-21(38-26)16-27-30(37)36-29(18-5-9-20(34)10-6-18)24-12-7-17-3-1-2-4-22(17)28(24)35-31(36)39-27/h1-6,8-11,13-16,29H,7,12H2/b27-16+/t29-/m0/s1. The van der Waals surface area contributed by atoms with Crippen molar-refractivity contribution in [3.63, 3.8) is 0 Å². The first-order valence-electron chi connectivity index (χ1n) is 12.4. The van der Waals surface area contributed by atoms with Gasteiger partial charge in [0.25, 0.3) is 5.56 Å². The SMILES string of the molecule is O=c1/c(=C\c2ccc(-c3ccc(Cl)cc3Cl)o2)sc2n1[C@@H](c1ccc(F)cc1)C1=C(N=2)c2ccccc2CC1. The molecule has 0 unspecified atom stereocenters. The van der Waals surface area contributed by atoms with Gasteiger partial charge in [0.05, 0.1) is 21.3 Å². The van der Waals surface area contributed by atoms with E-state index in [1.54, 1.807) is 47.0 Å². The normalized spacial score (nSPS) is 16.5. The first kappa shape index (κ1) is 24.3. The van der Waals surface area contributed by atoms with Gasteiger partial charge in [-0.1, -0.05) is 70.9 Å². The Hall–Kier alpha value is -3.71. The molecule has 1 atom stereocenters. The Morgan fingerprint density at radius 3 is 2.62 bits per heavy atom. The summed E-state index contributed by atoms with van der Waals surface area (Å²) in [5, 5.41) is 1.02. The molecule has 0 saturated carbocycles. The van der Waals surface area contributed by atoms with Crippen LogP contribution in [0.1, 0.15) is 34.9 Å². The highest BCUT2D eigenvalue weighted by molar-refractivity contribution is 7.07. The molecule has 0 amide bonds. The van der Waals surface area contributed by atoms with Gasteiger partial charge in [0.2, 0.25) is 0 Å². The zero-order chi connectivity index (χ0) is 26.7. The minimum absolute atomic E-state index is 0.166. The topological polar surface area (TPSA) is 47.5 Å². The number of benzene rings is 3. The third-order valence-corrected chi connectivity index (χ3v) is 8.69. The maximum Gasteiger partial charge on any atom is 0.271 e. The third-order valence-electron chi connectivity index (χ3n) is 7.16. The summed E-state index contributed by atoms with van der Waals surface area (Å²) in [6, 6.07) is 23.1.